The third-order valence-electron chi connectivity index (χ3n) is 2.77. The average Bonchev–Trinajstić information content (AvgIpc) is 2.21. The Morgan fingerprint density at radius 1 is 1.28 bits per heavy atom. The van der Waals surface area contributed by atoms with E-state index >= 15 is 0 Å². The van der Waals surface area contributed by atoms with Crippen molar-refractivity contribution in [3.8, 4) is 0 Å². The van der Waals surface area contributed by atoms with Gasteiger partial charge in [-0.15, -0.1) is 0 Å². The number of hydrogen-bond donors (Lipinski definition) is 1. The van der Waals surface area contributed by atoms with Gasteiger partial charge in [-0.3, -0.25) is 4.98 Å². The second-order valence-corrected chi connectivity index (χ2v) is 6.14. The molecule has 0 unspecified atom stereocenters. The highest BCUT2D eigenvalue weighted by Gasteiger charge is 2.15. The SMILES string of the molecule is Cc1cc(CC(C)(C)N)nc2c(Cl)c(Cl)ccc12. The molecule has 2 N–H and O–H groups in total. The number of rotatable bonds is 2. The third-order valence-corrected chi connectivity index (χ3v) is 3.56. The molecule has 96 valence electrons. The van der Waals surface area contributed by atoms with Crippen molar-refractivity contribution in [3.63, 3.8) is 0 Å². The number of nitrogens with zero attached hydrogens (tertiary/aromatic N) is 1. The molecule has 0 fully saturated rings. The van der Waals surface area contributed by atoms with Crippen LogP contribution < -0.4 is 5.73 Å². The maximum atomic E-state index is 6.22. The summed E-state index contributed by atoms with van der Waals surface area (Å²) in [6.07, 6.45) is 0.701. The van der Waals surface area contributed by atoms with Crippen LogP contribution in [0.15, 0.2) is 18.2 Å². The summed E-state index contributed by atoms with van der Waals surface area (Å²) in [6, 6.07) is 5.80. The first-order valence-electron chi connectivity index (χ1n) is 5.81. The van der Waals surface area contributed by atoms with Crippen LogP contribution in [0.2, 0.25) is 10.0 Å². The molecule has 0 amide bonds. The van der Waals surface area contributed by atoms with Crippen molar-refractivity contribution < 1.29 is 0 Å². The molecule has 0 saturated carbocycles. The molecule has 1 heterocycles. The van der Waals surface area contributed by atoms with Crippen molar-refractivity contribution in [2.75, 3.05) is 0 Å². The number of halogens is 2. The van der Waals surface area contributed by atoms with E-state index < -0.39 is 0 Å². The molecule has 4 heteroatoms. The van der Waals surface area contributed by atoms with Gasteiger partial charge in [0.1, 0.15) is 0 Å². The van der Waals surface area contributed by atoms with E-state index in [4.69, 9.17) is 28.9 Å². The first-order valence-corrected chi connectivity index (χ1v) is 6.56. The van der Waals surface area contributed by atoms with Gasteiger partial charge >= 0.3 is 0 Å². The van der Waals surface area contributed by atoms with Gasteiger partial charge in [0.15, 0.2) is 0 Å². The molecule has 0 aliphatic carbocycles. The van der Waals surface area contributed by atoms with E-state index in [9.17, 15) is 0 Å². The fourth-order valence-corrected chi connectivity index (χ4v) is 2.39. The van der Waals surface area contributed by atoms with Gasteiger partial charge in [0, 0.05) is 23.0 Å². The number of pyridine rings is 1. The zero-order chi connectivity index (χ0) is 13.5. The normalized spacial score (nSPS) is 12.1. The molecule has 1 aromatic carbocycles. The molecule has 0 aliphatic rings. The van der Waals surface area contributed by atoms with E-state index in [0.29, 0.717) is 16.5 Å². The lowest BCUT2D eigenvalue weighted by atomic mass is 9.98. The number of aryl methyl sites for hydroxylation is 1. The highest BCUT2D eigenvalue weighted by Crippen LogP contribution is 2.31. The van der Waals surface area contributed by atoms with Crippen LogP contribution in [0.1, 0.15) is 25.1 Å². The van der Waals surface area contributed by atoms with Gasteiger partial charge in [-0.1, -0.05) is 29.3 Å². The lowest BCUT2D eigenvalue weighted by Gasteiger charge is -2.18. The third kappa shape index (κ3) is 2.77. The summed E-state index contributed by atoms with van der Waals surface area (Å²) < 4.78 is 0. The summed E-state index contributed by atoms with van der Waals surface area (Å²) in [5.74, 6) is 0. The molecule has 0 radical (unpaired) electrons. The van der Waals surface area contributed by atoms with Crippen LogP contribution in [-0.4, -0.2) is 10.5 Å². The summed E-state index contributed by atoms with van der Waals surface area (Å²) in [5, 5.41) is 2.07. The average molecular weight is 283 g/mol. The van der Waals surface area contributed by atoms with Crippen LogP contribution in [-0.2, 0) is 6.42 Å². The van der Waals surface area contributed by atoms with Crippen LogP contribution in [0.25, 0.3) is 10.9 Å². The van der Waals surface area contributed by atoms with Gasteiger partial charge in [-0.25, -0.2) is 0 Å². The Hall–Kier alpha value is -0.830. The van der Waals surface area contributed by atoms with Crippen LogP contribution in [0.5, 0.6) is 0 Å². The van der Waals surface area contributed by atoms with E-state index in [2.05, 4.69) is 11.1 Å². The minimum absolute atomic E-state index is 0.293. The van der Waals surface area contributed by atoms with Gasteiger partial charge < -0.3 is 5.73 Å². The Morgan fingerprint density at radius 3 is 2.56 bits per heavy atom. The highest BCUT2D eigenvalue weighted by molar-refractivity contribution is 6.45. The second kappa shape index (κ2) is 4.69. The topological polar surface area (TPSA) is 38.9 Å². The maximum absolute atomic E-state index is 6.22. The number of hydrogen-bond acceptors (Lipinski definition) is 2. The monoisotopic (exact) mass is 282 g/mol. The van der Waals surface area contributed by atoms with E-state index in [1.54, 1.807) is 6.07 Å². The summed E-state index contributed by atoms with van der Waals surface area (Å²) in [4.78, 5) is 4.59. The van der Waals surface area contributed by atoms with E-state index in [0.717, 1.165) is 22.2 Å². The van der Waals surface area contributed by atoms with Gasteiger partial charge in [0.25, 0.3) is 0 Å². The minimum Gasteiger partial charge on any atom is -0.325 e. The van der Waals surface area contributed by atoms with Crippen molar-refractivity contribution >= 4 is 34.1 Å². The predicted molar refractivity (Wildman–Crippen MR) is 78.5 cm³/mol. The van der Waals surface area contributed by atoms with Gasteiger partial charge in [-0.05, 0) is 38.5 Å². The molecule has 2 aromatic rings. The largest absolute Gasteiger partial charge is 0.325 e. The zero-order valence-corrected chi connectivity index (χ0v) is 12.2. The fraction of sp³-hybridized carbons (Fsp3) is 0.357. The number of aromatic nitrogens is 1. The summed E-state index contributed by atoms with van der Waals surface area (Å²) in [7, 11) is 0. The summed E-state index contributed by atoms with van der Waals surface area (Å²) >= 11 is 12.2. The zero-order valence-electron chi connectivity index (χ0n) is 10.7. The summed E-state index contributed by atoms with van der Waals surface area (Å²) in [6.45, 7) is 6.00. The Labute approximate surface area is 117 Å². The molecule has 0 bridgehead atoms. The smallest absolute Gasteiger partial charge is 0.0909 e. The Bertz CT molecular complexity index is 601. The molecular formula is C14H16Cl2N2. The Balaban J connectivity index is 2.63. The van der Waals surface area contributed by atoms with Crippen LogP contribution in [0.3, 0.4) is 0 Å². The molecule has 0 saturated heterocycles. The van der Waals surface area contributed by atoms with Crippen LogP contribution in [0, 0.1) is 6.92 Å². The fourth-order valence-electron chi connectivity index (χ4n) is 2.03. The van der Waals surface area contributed by atoms with E-state index in [1.807, 2.05) is 26.8 Å². The van der Waals surface area contributed by atoms with Crippen molar-refractivity contribution in [1.29, 1.82) is 0 Å². The second-order valence-electron chi connectivity index (χ2n) is 5.35. The van der Waals surface area contributed by atoms with Crippen molar-refractivity contribution in [2.24, 2.45) is 5.73 Å². The quantitative estimate of drug-likeness (QED) is 0.900. The van der Waals surface area contributed by atoms with Gasteiger partial charge in [0.05, 0.1) is 15.6 Å². The van der Waals surface area contributed by atoms with Crippen molar-refractivity contribution in [1.82, 2.24) is 4.98 Å². The standard InChI is InChI=1S/C14H16Cl2N2/c1-8-6-9(7-14(2,3)17)18-13-10(8)4-5-11(15)12(13)16/h4-6H,7,17H2,1-3H3. The van der Waals surface area contributed by atoms with Crippen molar-refractivity contribution in [2.45, 2.75) is 32.7 Å². The molecule has 18 heavy (non-hydrogen) atoms. The lowest BCUT2D eigenvalue weighted by Crippen LogP contribution is -2.34. The van der Waals surface area contributed by atoms with E-state index in [1.165, 1.54) is 0 Å². The molecule has 2 nitrogen and oxygen atoms in total. The van der Waals surface area contributed by atoms with Crippen LogP contribution >= 0.6 is 23.2 Å². The van der Waals surface area contributed by atoms with E-state index in [-0.39, 0.29) is 5.54 Å². The number of benzene rings is 1. The predicted octanol–water partition coefficient (Wildman–Crippen LogP) is 4.13. The first kappa shape index (κ1) is 13.6. The van der Waals surface area contributed by atoms with Crippen LogP contribution in [0.4, 0.5) is 0 Å². The van der Waals surface area contributed by atoms with Crippen molar-refractivity contribution in [3.05, 3.63) is 39.5 Å². The molecule has 1 aromatic heterocycles. The minimum atomic E-state index is -0.293. The summed E-state index contributed by atoms with van der Waals surface area (Å²) in [5.41, 5.74) is 8.57. The maximum Gasteiger partial charge on any atom is 0.0909 e. The number of fused-ring (bicyclic) bond motifs is 1. The van der Waals surface area contributed by atoms with Gasteiger partial charge in [0.2, 0.25) is 0 Å². The molecule has 0 atom stereocenters. The number of nitrogens with two attached hydrogens (primary N) is 1. The first-order chi connectivity index (χ1) is 8.28. The lowest BCUT2D eigenvalue weighted by molar-refractivity contribution is 0.511. The molecule has 0 spiro atoms. The molecule has 0 aliphatic heterocycles. The molecule has 2 rings (SSSR count). The Morgan fingerprint density at radius 2 is 1.94 bits per heavy atom. The Kier molecular flexibility index (Phi) is 3.54. The molecular weight excluding hydrogens is 267 g/mol. The van der Waals surface area contributed by atoms with Gasteiger partial charge in [-0.2, -0.15) is 0 Å². The highest BCUT2D eigenvalue weighted by atomic mass is 35.5.